The highest BCUT2D eigenvalue weighted by Crippen LogP contribution is 2.20. The van der Waals surface area contributed by atoms with E-state index in [1.54, 1.807) is 7.11 Å². The van der Waals surface area contributed by atoms with Gasteiger partial charge in [0.2, 0.25) is 5.91 Å². The molecular weight excluding hydrogens is 264 g/mol. The summed E-state index contributed by atoms with van der Waals surface area (Å²) >= 11 is 0. The Morgan fingerprint density at radius 3 is 2.57 bits per heavy atom. The average Bonchev–Trinajstić information content (AvgIpc) is 2.45. The first-order chi connectivity index (χ1) is 10.1. The van der Waals surface area contributed by atoms with Crippen LogP contribution in [0.1, 0.15) is 18.1 Å². The minimum Gasteiger partial charge on any atom is -0.496 e. The summed E-state index contributed by atoms with van der Waals surface area (Å²) in [7, 11) is 1.67. The van der Waals surface area contributed by atoms with Gasteiger partial charge in [0.1, 0.15) is 5.75 Å². The van der Waals surface area contributed by atoms with Crippen molar-refractivity contribution in [2.24, 2.45) is 0 Å². The van der Waals surface area contributed by atoms with Crippen molar-refractivity contribution in [2.75, 3.05) is 17.7 Å². The van der Waals surface area contributed by atoms with Crippen LogP contribution in [0.25, 0.3) is 0 Å². The van der Waals surface area contributed by atoms with Crippen molar-refractivity contribution in [3.63, 3.8) is 0 Å². The summed E-state index contributed by atoms with van der Waals surface area (Å²) in [6.45, 7) is 4.24. The molecule has 110 valence electrons. The predicted octanol–water partition coefficient (Wildman–Crippen LogP) is 3.57. The van der Waals surface area contributed by atoms with Crippen molar-refractivity contribution in [3.05, 3.63) is 53.6 Å². The van der Waals surface area contributed by atoms with Crippen molar-refractivity contribution < 1.29 is 9.53 Å². The third kappa shape index (κ3) is 4.24. The number of nitrogens with one attached hydrogen (secondary N) is 2. The molecule has 2 rings (SSSR count). The number of anilines is 2. The van der Waals surface area contributed by atoms with Gasteiger partial charge in [-0.1, -0.05) is 18.2 Å². The Kier molecular flexibility index (Phi) is 4.82. The topological polar surface area (TPSA) is 50.4 Å². The molecule has 1 amide bonds. The van der Waals surface area contributed by atoms with E-state index in [-0.39, 0.29) is 5.91 Å². The van der Waals surface area contributed by atoms with E-state index in [0.717, 1.165) is 22.7 Å². The van der Waals surface area contributed by atoms with Crippen molar-refractivity contribution >= 4 is 17.3 Å². The molecule has 0 aromatic heterocycles. The third-order valence-corrected chi connectivity index (χ3v) is 3.14. The van der Waals surface area contributed by atoms with Crippen LogP contribution >= 0.6 is 0 Å². The normalized spacial score (nSPS) is 10.0. The van der Waals surface area contributed by atoms with E-state index in [0.29, 0.717) is 6.54 Å². The quantitative estimate of drug-likeness (QED) is 0.882. The molecule has 0 aliphatic rings. The van der Waals surface area contributed by atoms with Crippen molar-refractivity contribution in [2.45, 2.75) is 20.4 Å². The fourth-order valence-electron chi connectivity index (χ4n) is 2.16. The summed E-state index contributed by atoms with van der Waals surface area (Å²) in [5, 5.41) is 6.12. The van der Waals surface area contributed by atoms with Gasteiger partial charge in [0.05, 0.1) is 7.11 Å². The second kappa shape index (κ2) is 6.79. The summed E-state index contributed by atoms with van der Waals surface area (Å²) < 4.78 is 5.25. The molecule has 0 spiro atoms. The van der Waals surface area contributed by atoms with E-state index in [1.165, 1.54) is 12.5 Å². The molecular formula is C17H20N2O2. The lowest BCUT2D eigenvalue weighted by Crippen LogP contribution is -2.06. The first-order valence-electron chi connectivity index (χ1n) is 6.83. The average molecular weight is 284 g/mol. The van der Waals surface area contributed by atoms with Gasteiger partial charge in [0.25, 0.3) is 0 Å². The van der Waals surface area contributed by atoms with Gasteiger partial charge in [-0.15, -0.1) is 0 Å². The lowest BCUT2D eigenvalue weighted by atomic mass is 10.1. The molecule has 0 aliphatic carbocycles. The van der Waals surface area contributed by atoms with Crippen molar-refractivity contribution in [1.82, 2.24) is 0 Å². The molecule has 0 unspecified atom stereocenters. The molecule has 2 N–H and O–H groups in total. The van der Waals surface area contributed by atoms with Gasteiger partial charge >= 0.3 is 0 Å². The largest absolute Gasteiger partial charge is 0.496 e. The van der Waals surface area contributed by atoms with Gasteiger partial charge in [0, 0.05) is 24.8 Å². The molecule has 0 radical (unpaired) electrons. The van der Waals surface area contributed by atoms with Crippen LogP contribution in [0.2, 0.25) is 0 Å². The van der Waals surface area contributed by atoms with Gasteiger partial charge in [0.15, 0.2) is 0 Å². The minimum atomic E-state index is -0.0714. The lowest BCUT2D eigenvalue weighted by molar-refractivity contribution is -0.114. The number of carbonyl (C=O) groups excluding carboxylic acids is 1. The number of benzene rings is 2. The highest BCUT2D eigenvalue weighted by Gasteiger charge is 2.01. The van der Waals surface area contributed by atoms with Crippen LogP contribution in [0.3, 0.4) is 0 Å². The van der Waals surface area contributed by atoms with Gasteiger partial charge < -0.3 is 15.4 Å². The van der Waals surface area contributed by atoms with E-state index in [9.17, 15) is 4.79 Å². The Morgan fingerprint density at radius 1 is 1.14 bits per heavy atom. The molecule has 0 atom stereocenters. The van der Waals surface area contributed by atoms with Crippen LogP contribution in [0.5, 0.6) is 5.75 Å². The zero-order valence-electron chi connectivity index (χ0n) is 12.6. The molecule has 21 heavy (non-hydrogen) atoms. The van der Waals surface area contributed by atoms with Crippen molar-refractivity contribution in [1.29, 1.82) is 0 Å². The molecule has 0 fully saturated rings. The maximum atomic E-state index is 11.1. The summed E-state index contributed by atoms with van der Waals surface area (Å²) in [5.74, 6) is 0.823. The first kappa shape index (κ1) is 14.9. The molecule has 0 saturated carbocycles. The summed E-state index contributed by atoms with van der Waals surface area (Å²) in [5.41, 5.74) is 4.05. The zero-order valence-corrected chi connectivity index (χ0v) is 12.6. The maximum Gasteiger partial charge on any atom is 0.221 e. The van der Waals surface area contributed by atoms with E-state index < -0.39 is 0 Å². The van der Waals surface area contributed by atoms with Crippen LogP contribution in [-0.4, -0.2) is 13.0 Å². The highest BCUT2D eigenvalue weighted by atomic mass is 16.5. The smallest absolute Gasteiger partial charge is 0.221 e. The van der Waals surface area contributed by atoms with Crippen molar-refractivity contribution in [3.8, 4) is 5.75 Å². The molecule has 0 bridgehead atoms. The molecule has 2 aromatic rings. The van der Waals surface area contributed by atoms with Crippen LogP contribution < -0.4 is 15.4 Å². The summed E-state index contributed by atoms with van der Waals surface area (Å²) in [6.07, 6.45) is 0. The Balaban J connectivity index is 2.02. The number of hydrogen-bond acceptors (Lipinski definition) is 3. The highest BCUT2D eigenvalue weighted by molar-refractivity contribution is 5.89. The number of aryl methyl sites for hydroxylation is 1. The van der Waals surface area contributed by atoms with Gasteiger partial charge in [-0.3, -0.25) is 4.79 Å². The summed E-state index contributed by atoms with van der Waals surface area (Å²) in [6, 6.07) is 13.8. The van der Waals surface area contributed by atoms with E-state index >= 15 is 0 Å². The Morgan fingerprint density at radius 2 is 1.90 bits per heavy atom. The van der Waals surface area contributed by atoms with Gasteiger partial charge in [-0.05, 0) is 42.3 Å². The van der Waals surface area contributed by atoms with E-state index in [1.807, 2.05) is 43.3 Å². The van der Waals surface area contributed by atoms with E-state index in [4.69, 9.17) is 4.74 Å². The first-order valence-corrected chi connectivity index (χ1v) is 6.83. The van der Waals surface area contributed by atoms with Crippen LogP contribution in [0.4, 0.5) is 11.4 Å². The molecule has 4 heteroatoms. The Hall–Kier alpha value is -2.49. The Labute approximate surface area is 125 Å². The molecule has 0 heterocycles. The molecule has 2 aromatic carbocycles. The summed E-state index contributed by atoms with van der Waals surface area (Å²) in [4.78, 5) is 11.1. The minimum absolute atomic E-state index is 0.0714. The number of rotatable bonds is 5. The van der Waals surface area contributed by atoms with Gasteiger partial charge in [-0.2, -0.15) is 0 Å². The predicted molar refractivity (Wildman–Crippen MR) is 85.8 cm³/mol. The Bertz CT molecular complexity index is 638. The molecule has 0 aliphatic heterocycles. The van der Waals surface area contributed by atoms with Crippen LogP contribution in [-0.2, 0) is 11.3 Å². The number of carbonyl (C=O) groups is 1. The lowest BCUT2D eigenvalue weighted by Gasteiger charge is -2.11. The number of ether oxygens (including phenoxy) is 1. The number of amides is 1. The SMILES string of the molecule is COc1ccc(CNc2cccc(NC(C)=O)c2)cc1C. The van der Waals surface area contributed by atoms with Crippen LogP contribution in [0.15, 0.2) is 42.5 Å². The fraction of sp³-hybridized carbons (Fsp3) is 0.235. The molecule has 4 nitrogen and oxygen atoms in total. The standard InChI is InChI=1S/C17H20N2O2/c1-12-9-14(7-8-17(12)21-3)11-18-15-5-4-6-16(10-15)19-13(2)20/h4-10,18H,11H2,1-3H3,(H,19,20). The third-order valence-electron chi connectivity index (χ3n) is 3.14. The monoisotopic (exact) mass is 284 g/mol. The number of hydrogen-bond donors (Lipinski definition) is 2. The second-order valence-electron chi connectivity index (χ2n) is 4.92. The van der Waals surface area contributed by atoms with Crippen LogP contribution in [0, 0.1) is 6.92 Å². The number of methoxy groups -OCH3 is 1. The fourth-order valence-corrected chi connectivity index (χ4v) is 2.16. The van der Waals surface area contributed by atoms with E-state index in [2.05, 4.69) is 16.7 Å². The maximum absolute atomic E-state index is 11.1. The second-order valence-corrected chi connectivity index (χ2v) is 4.92. The molecule has 0 saturated heterocycles. The van der Waals surface area contributed by atoms with Gasteiger partial charge in [-0.25, -0.2) is 0 Å². The zero-order chi connectivity index (χ0) is 15.2.